The third-order valence-electron chi connectivity index (χ3n) is 3.65. The number of hydrogen-bond donors (Lipinski definition) is 0. The first-order valence-electron chi connectivity index (χ1n) is 5.08. The molecule has 1 saturated heterocycles. The highest BCUT2D eigenvalue weighted by Crippen LogP contribution is 2.81. The van der Waals surface area contributed by atoms with Gasteiger partial charge in [0.25, 0.3) is 0 Å². The van der Waals surface area contributed by atoms with Crippen LogP contribution in [0.15, 0.2) is 0 Å². The van der Waals surface area contributed by atoms with Gasteiger partial charge in [-0.3, -0.25) is 0 Å². The molecule has 0 aromatic rings. The maximum atomic E-state index is 2.45. The first-order valence-corrected chi connectivity index (χ1v) is 7.24. The zero-order chi connectivity index (χ0) is 9.62. The van der Waals surface area contributed by atoms with E-state index in [0.29, 0.717) is 10.3 Å². The van der Waals surface area contributed by atoms with Crippen LogP contribution in [0.25, 0.3) is 0 Å². The topological polar surface area (TPSA) is 0 Å². The maximum absolute atomic E-state index is 2.45. The van der Waals surface area contributed by atoms with Crippen LogP contribution < -0.4 is 17.0 Å². The minimum absolute atomic E-state index is 0. The van der Waals surface area contributed by atoms with E-state index in [1.54, 1.807) is 12.3 Å². The largest absolute Gasteiger partial charge is 1.00 e. The molecule has 0 saturated carbocycles. The smallest absolute Gasteiger partial charge is 0.0720 e. The molecule has 0 bridgehead atoms. The molecular weight excluding hydrogens is 243 g/mol. The molecule has 80 valence electrons. The van der Waals surface area contributed by atoms with Gasteiger partial charge in [0.2, 0.25) is 0 Å². The molecule has 0 aliphatic carbocycles. The van der Waals surface area contributed by atoms with Crippen molar-refractivity contribution in [2.24, 2.45) is 0 Å². The van der Waals surface area contributed by atoms with Crippen molar-refractivity contribution >= 4 is 7.26 Å². The lowest BCUT2D eigenvalue weighted by molar-refractivity contribution is -0.00000330. The molecule has 0 N–H and O–H groups in total. The van der Waals surface area contributed by atoms with Gasteiger partial charge >= 0.3 is 0 Å². The molecule has 0 unspecified atom stereocenters. The second-order valence-corrected chi connectivity index (χ2v) is 11.6. The van der Waals surface area contributed by atoms with E-state index in [-0.39, 0.29) is 17.0 Å². The van der Waals surface area contributed by atoms with Gasteiger partial charge in [-0.1, -0.05) is 0 Å². The Bertz CT molecular complexity index is 154. The third-order valence-corrected chi connectivity index (χ3v) is 10.9. The minimum atomic E-state index is -0.637. The summed E-state index contributed by atoms with van der Waals surface area (Å²) in [5.74, 6) is 0. The van der Waals surface area contributed by atoms with Crippen molar-refractivity contribution < 1.29 is 17.0 Å². The molecule has 0 atom stereocenters. The predicted octanol–water partition coefficient (Wildman–Crippen LogP) is 1.01. The van der Waals surface area contributed by atoms with Crippen molar-refractivity contribution in [2.45, 2.75) is 58.3 Å². The molecule has 0 aromatic carbocycles. The van der Waals surface area contributed by atoms with E-state index in [1.165, 1.54) is 6.42 Å². The van der Waals surface area contributed by atoms with Gasteiger partial charge in [0.05, 0.1) is 22.6 Å². The quantitative estimate of drug-likeness (QED) is 0.575. The van der Waals surface area contributed by atoms with E-state index in [4.69, 9.17) is 0 Å². The number of hydrogen-bond acceptors (Lipinski definition) is 0. The highest BCUT2D eigenvalue weighted by atomic mass is 79.9. The molecular formula is C11H24BrP. The lowest BCUT2D eigenvalue weighted by atomic mass is 10.2. The lowest BCUT2D eigenvalue weighted by Crippen LogP contribution is -3.00. The predicted molar refractivity (Wildman–Crippen MR) is 60.8 cm³/mol. The molecule has 0 radical (unpaired) electrons. The molecule has 1 heterocycles. The summed E-state index contributed by atoms with van der Waals surface area (Å²) in [6.07, 6.45) is 4.57. The van der Waals surface area contributed by atoms with Gasteiger partial charge in [0, 0.05) is 13.7 Å². The highest BCUT2D eigenvalue weighted by Gasteiger charge is 2.61. The Morgan fingerprint density at radius 1 is 0.769 bits per heavy atom. The van der Waals surface area contributed by atoms with Crippen molar-refractivity contribution in [3.63, 3.8) is 0 Å². The highest BCUT2D eigenvalue weighted by molar-refractivity contribution is 7.80. The number of halogens is 1. The Hall–Kier alpha value is 0.910. The fourth-order valence-electron chi connectivity index (χ4n) is 2.82. The van der Waals surface area contributed by atoms with Crippen molar-refractivity contribution in [1.29, 1.82) is 0 Å². The summed E-state index contributed by atoms with van der Waals surface area (Å²) in [6.45, 7) is 14.7. The van der Waals surface area contributed by atoms with Crippen LogP contribution in [0.1, 0.15) is 48.0 Å². The maximum Gasteiger partial charge on any atom is 0.0720 e. The number of rotatable bonds is 0. The van der Waals surface area contributed by atoms with Crippen LogP contribution in [0.2, 0.25) is 0 Å². The van der Waals surface area contributed by atoms with E-state index in [2.05, 4.69) is 41.5 Å². The molecule has 0 amide bonds. The van der Waals surface area contributed by atoms with Crippen LogP contribution in [-0.2, 0) is 0 Å². The molecule has 1 aliphatic heterocycles. The Labute approximate surface area is 95.0 Å². The van der Waals surface area contributed by atoms with Crippen LogP contribution in [-0.4, -0.2) is 22.6 Å². The van der Waals surface area contributed by atoms with Crippen LogP contribution in [0.5, 0.6) is 0 Å². The summed E-state index contributed by atoms with van der Waals surface area (Å²) in [4.78, 5) is 0. The van der Waals surface area contributed by atoms with Gasteiger partial charge in [-0.25, -0.2) is 0 Å². The zero-order valence-corrected chi connectivity index (χ0v) is 12.4. The van der Waals surface area contributed by atoms with E-state index >= 15 is 0 Å². The Kier molecular flexibility index (Phi) is 4.08. The van der Waals surface area contributed by atoms with Crippen LogP contribution >= 0.6 is 7.26 Å². The molecule has 2 heteroatoms. The zero-order valence-electron chi connectivity index (χ0n) is 9.95. The molecule has 1 aliphatic rings. The molecule has 0 nitrogen and oxygen atoms in total. The van der Waals surface area contributed by atoms with E-state index in [9.17, 15) is 0 Å². The average Bonchev–Trinajstić information content (AvgIpc) is 1.47. The fourth-order valence-corrected chi connectivity index (χ4v) is 8.47. The normalized spacial score (nSPS) is 21.7. The van der Waals surface area contributed by atoms with Crippen molar-refractivity contribution in [2.75, 3.05) is 12.3 Å². The standard InChI is InChI=1S/C11H24P.BrH/c1-10(2,3)12(8-7-9-12)11(4,5)6;/h7-9H2,1-6H3;1H/q+1;/p-1. The molecule has 1 fully saturated rings. The van der Waals surface area contributed by atoms with Crippen molar-refractivity contribution in [3.8, 4) is 0 Å². The van der Waals surface area contributed by atoms with Crippen LogP contribution in [0, 0.1) is 0 Å². The first kappa shape index (κ1) is 13.9. The van der Waals surface area contributed by atoms with Gasteiger partial charge in [0.1, 0.15) is 0 Å². The van der Waals surface area contributed by atoms with E-state index in [1.807, 2.05) is 0 Å². The average molecular weight is 267 g/mol. The van der Waals surface area contributed by atoms with E-state index in [0.717, 1.165) is 0 Å². The Balaban J connectivity index is 0.00000144. The third kappa shape index (κ3) is 2.12. The van der Waals surface area contributed by atoms with Crippen molar-refractivity contribution in [3.05, 3.63) is 0 Å². The lowest BCUT2D eigenvalue weighted by Gasteiger charge is -2.52. The van der Waals surface area contributed by atoms with E-state index < -0.39 is 7.26 Å². The molecule has 13 heavy (non-hydrogen) atoms. The van der Waals surface area contributed by atoms with Crippen LogP contribution in [0.3, 0.4) is 0 Å². The van der Waals surface area contributed by atoms with Gasteiger partial charge in [-0.2, -0.15) is 0 Å². The molecule has 1 rings (SSSR count). The van der Waals surface area contributed by atoms with Gasteiger partial charge in [-0.15, -0.1) is 0 Å². The Morgan fingerprint density at radius 3 is 1.08 bits per heavy atom. The minimum Gasteiger partial charge on any atom is -1.00 e. The summed E-state index contributed by atoms with van der Waals surface area (Å²) in [6, 6.07) is 0. The monoisotopic (exact) mass is 266 g/mol. The SMILES string of the molecule is CC(C)(C)[P+]1(C(C)(C)C)CCC1.[Br-]. The summed E-state index contributed by atoms with van der Waals surface area (Å²) >= 11 is 0. The van der Waals surface area contributed by atoms with Gasteiger partial charge < -0.3 is 17.0 Å². The first-order chi connectivity index (χ1) is 5.21. The Morgan fingerprint density at radius 2 is 1.08 bits per heavy atom. The summed E-state index contributed by atoms with van der Waals surface area (Å²) in [7, 11) is -0.637. The summed E-state index contributed by atoms with van der Waals surface area (Å²) < 4.78 is 0. The van der Waals surface area contributed by atoms with Gasteiger partial charge in [-0.05, 0) is 41.5 Å². The van der Waals surface area contributed by atoms with Crippen LogP contribution in [0.4, 0.5) is 0 Å². The fraction of sp³-hybridized carbons (Fsp3) is 1.00. The van der Waals surface area contributed by atoms with Crippen molar-refractivity contribution in [1.82, 2.24) is 0 Å². The second-order valence-electron chi connectivity index (χ2n) is 6.11. The molecule has 0 aromatic heterocycles. The molecule has 0 spiro atoms. The van der Waals surface area contributed by atoms with Gasteiger partial charge in [0.15, 0.2) is 0 Å². The summed E-state index contributed by atoms with van der Waals surface area (Å²) in [5.41, 5.74) is 0. The summed E-state index contributed by atoms with van der Waals surface area (Å²) in [5, 5.41) is 1.17. The second kappa shape index (κ2) is 3.81.